The quantitative estimate of drug-likeness (QED) is 0.792. The predicted octanol–water partition coefficient (Wildman–Crippen LogP) is 1.04. The van der Waals surface area contributed by atoms with Crippen molar-refractivity contribution in [1.29, 1.82) is 0 Å². The van der Waals surface area contributed by atoms with Crippen LogP contribution in [0.2, 0.25) is 0 Å². The molecule has 1 aliphatic rings. The largest absolute Gasteiger partial charge is 0.328 e. The maximum Gasteiger partial charge on any atom is 0.223 e. The van der Waals surface area contributed by atoms with Crippen molar-refractivity contribution in [2.45, 2.75) is 17.7 Å². The molecule has 0 unspecified atom stereocenters. The summed E-state index contributed by atoms with van der Waals surface area (Å²) in [5.41, 5.74) is 0. The van der Waals surface area contributed by atoms with Crippen molar-refractivity contribution in [3.63, 3.8) is 0 Å². The first kappa shape index (κ1) is 11.1. The van der Waals surface area contributed by atoms with Gasteiger partial charge in [0.25, 0.3) is 0 Å². The fourth-order valence-corrected chi connectivity index (χ4v) is 3.15. The molecule has 1 aliphatic heterocycles. The van der Waals surface area contributed by atoms with E-state index in [0.717, 1.165) is 6.42 Å². The summed E-state index contributed by atoms with van der Waals surface area (Å²) in [7, 11) is -3.37. The highest BCUT2D eigenvalue weighted by Gasteiger charge is 2.26. The summed E-state index contributed by atoms with van der Waals surface area (Å²) in [4.78, 5) is 13.0. The molecule has 0 atom stereocenters. The number of hydrogen-bond donors (Lipinski definition) is 0. The van der Waals surface area contributed by atoms with E-state index in [4.69, 9.17) is 0 Å². The highest BCUT2D eigenvalue weighted by molar-refractivity contribution is 7.91. The molecule has 1 fully saturated rings. The van der Waals surface area contributed by atoms with E-state index in [0.29, 0.717) is 13.0 Å². The van der Waals surface area contributed by atoms with Crippen molar-refractivity contribution in [3.8, 4) is 0 Å². The van der Waals surface area contributed by atoms with E-state index in [1.807, 2.05) is 0 Å². The second kappa shape index (κ2) is 4.25. The summed E-state index contributed by atoms with van der Waals surface area (Å²) < 4.78 is 23.9. The van der Waals surface area contributed by atoms with Gasteiger partial charge in [-0.25, -0.2) is 8.42 Å². The zero-order chi connectivity index (χ0) is 11.6. The van der Waals surface area contributed by atoms with E-state index in [1.165, 1.54) is 4.90 Å². The Kier molecular flexibility index (Phi) is 2.96. The van der Waals surface area contributed by atoms with Crippen molar-refractivity contribution >= 4 is 15.7 Å². The number of sulfone groups is 1. The van der Waals surface area contributed by atoms with Crippen molar-refractivity contribution in [2.24, 2.45) is 0 Å². The maximum absolute atomic E-state index is 11.9. The van der Waals surface area contributed by atoms with Crippen molar-refractivity contribution in [3.05, 3.63) is 30.3 Å². The van der Waals surface area contributed by atoms with E-state index in [1.54, 1.807) is 30.3 Å². The van der Waals surface area contributed by atoms with Gasteiger partial charge in [-0.2, -0.15) is 0 Å². The molecule has 16 heavy (non-hydrogen) atoms. The first-order valence-electron chi connectivity index (χ1n) is 5.15. The molecule has 0 aromatic heterocycles. The van der Waals surface area contributed by atoms with E-state index in [2.05, 4.69) is 0 Å². The van der Waals surface area contributed by atoms with Gasteiger partial charge in [0.2, 0.25) is 5.91 Å². The number of benzene rings is 1. The van der Waals surface area contributed by atoms with Crippen molar-refractivity contribution in [2.75, 3.05) is 12.4 Å². The third-order valence-electron chi connectivity index (χ3n) is 2.60. The Morgan fingerprint density at radius 2 is 1.88 bits per heavy atom. The first-order chi connectivity index (χ1) is 7.59. The topological polar surface area (TPSA) is 54.5 Å². The van der Waals surface area contributed by atoms with E-state index >= 15 is 0 Å². The van der Waals surface area contributed by atoms with Gasteiger partial charge in [-0.3, -0.25) is 4.79 Å². The molecule has 0 N–H and O–H groups in total. The molecule has 0 radical (unpaired) electrons. The molecular formula is C11H13NO3S. The SMILES string of the molecule is O=C1CCCN1CS(=O)(=O)c1ccccc1. The third kappa shape index (κ3) is 2.24. The molecule has 0 aliphatic carbocycles. The second-order valence-corrected chi connectivity index (χ2v) is 5.78. The Hall–Kier alpha value is -1.36. The second-order valence-electron chi connectivity index (χ2n) is 3.82. The van der Waals surface area contributed by atoms with Crippen LogP contribution in [0, 0.1) is 0 Å². The first-order valence-corrected chi connectivity index (χ1v) is 6.80. The summed E-state index contributed by atoms with van der Waals surface area (Å²) in [5.74, 6) is -0.268. The molecule has 1 amide bonds. The highest BCUT2D eigenvalue weighted by atomic mass is 32.2. The summed E-state index contributed by atoms with van der Waals surface area (Å²) >= 11 is 0. The van der Waals surface area contributed by atoms with Crippen molar-refractivity contribution in [1.82, 2.24) is 4.90 Å². The minimum atomic E-state index is -3.37. The van der Waals surface area contributed by atoms with Gasteiger partial charge >= 0.3 is 0 Å². The van der Waals surface area contributed by atoms with Crippen LogP contribution in [0.4, 0.5) is 0 Å². The highest BCUT2D eigenvalue weighted by Crippen LogP contribution is 2.16. The van der Waals surface area contributed by atoms with Gasteiger partial charge in [0.1, 0.15) is 5.88 Å². The fraction of sp³-hybridized carbons (Fsp3) is 0.364. The van der Waals surface area contributed by atoms with Crippen LogP contribution in [-0.4, -0.2) is 31.6 Å². The minimum absolute atomic E-state index is 0.0699. The third-order valence-corrected chi connectivity index (χ3v) is 4.24. The Bertz CT molecular complexity index is 481. The number of rotatable bonds is 3. The van der Waals surface area contributed by atoms with Gasteiger partial charge in [-0.15, -0.1) is 0 Å². The van der Waals surface area contributed by atoms with E-state index in [9.17, 15) is 13.2 Å². The number of amides is 1. The van der Waals surface area contributed by atoms with E-state index < -0.39 is 9.84 Å². The fourth-order valence-electron chi connectivity index (χ4n) is 1.75. The predicted molar refractivity (Wildman–Crippen MR) is 59.4 cm³/mol. The van der Waals surface area contributed by atoms with Crippen LogP contribution in [0.3, 0.4) is 0 Å². The van der Waals surface area contributed by atoms with Crippen molar-refractivity contribution < 1.29 is 13.2 Å². The maximum atomic E-state index is 11.9. The minimum Gasteiger partial charge on any atom is -0.328 e. The Balaban J connectivity index is 2.18. The van der Waals surface area contributed by atoms with Gasteiger partial charge in [0.15, 0.2) is 9.84 Å². The average molecular weight is 239 g/mol. The molecule has 4 nitrogen and oxygen atoms in total. The summed E-state index contributed by atoms with van der Waals surface area (Å²) in [6.07, 6.45) is 1.22. The van der Waals surface area contributed by atoms with Gasteiger partial charge in [0, 0.05) is 13.0 Å². The van der Waals surface area contributed by atoms with Crippen LogP contribution in [-0.2, 0) is 14.6 Å². The molecule has 1 aromatic rings. The molecular weight excluding hydrogens is 226 g/mol. The molecule has 5 heteroatoms. The number of hydrogen-bond acceptors (Lipinski definition) is 3. The van der Waals surface area contributed by atoms with Gasteiger partial charge in [-0.05, 0) is 18.6 Å². The van der Waals surface area contributed by atoms with Crippen LogP contribution in [0.25, 0.3) is 0 Å². The molecule has 0 spiro atoms. The van der Waals surface area contributed by atoms with Crippen LogP contribution in [0.1, 0.15) is 12.8 Å². The normalized spacial score (nSPS) is 16.8. The van der Waals surface area contributed by atoms with Gasteiger partial charge < -0.3 is 4.90 Å². The number of nitrogens with zero attached hydrogens (tertiary/aromatic N) is 1. The Morgan fingerprint density at radius 3 is 2.44 bits per heavy atom. The smallest absolute Gasteiger partial charge is 0.223 e. The lowest BCUT2D eigenvalue weighted by Gasteiger charge is -2.15. The molecule has 1 heterocycles. The lowest BCUT2D eigenvalue weighted by atomic mass is 10.4. The molecule has 1 aromatic carbocycles. The average Bonchev–Trinajstić information content (AvgIpc) is 2.65. The monoisotopic (exact) mass is 239 g/mol. The molecule has 0 saturated carbocycles. The number of carbonyl (C=O) groups excluding carboxylic acids is 1. The van der Waals surface area contributed by atoms with Gasteiger partial charge in [0.05, 0.1) is 4.90 Å². The molecule has 0 bridgehead atoms. The Labute approximate surface area is 94.8 Å². The van der Waals surface area contributed by atoms with Crippen LogP contribution < -0.4 is 0 Å². The molecule has 2 rings (SSSR count). The summed E-state index contributed by atoms with van der Waals surface area (Å²) in [6, 6.07) is 8.23. The molecule has 1 saturated heterocycles. The zero-order valence-electron chi connectivity index (χ0n) is 8.80. The molecule has 86 valence electrons. The van der Waals surface area contributed by atoms with E-state index in [-0.39, 0.29) is 16.7 Å². The zero-order valence-corrected chi connectivity index (χ0v) is 9.61. The van der Waals surface area contributed by atoms with Crippen LogP contribution in [0.15, 0.2) is 35.2 Å². The lowest BCUT2D eigenvalue weighted by Crippen LogP contribution is -2.30. The Morgan fingerprint density at radius 1 is 1.19 bits per heavy atom. The lowest BCUT2D eigenvalue weighted by molar-refractivity contribution is -0.126. The standard InChI is InChI=1S/C11H13NO3S/c13-11-7-4-8-12(11)9-16(14,15)10-5-2-1-3-6-10/h1-3,5-6H,4,7-9H2. The number of likely N-dealkylation sites (tertiary alicyclic amines) is 1. The van der Waals surface area contributed by atoms with Gasteiger partial charge in [-0.1, -0.05) is 18.2 Å². The summed E-state index contributed by atoms with van der Waals surface area (Å²) in [6.45, 7) is 0.547. The van der Waals surface area contributed by atoms with Crippen LogP contribution >= 0.6 is 0 Å². The van der Waals surface area contributed by atoms with Crippen LogP contribution in [0.5, 0.6) is 0 Å². The number of carbonyl (C=O) groups is 1. The summed E-state index contributed by atoms with van der Waals surface area (Å²) in [5, 5.41) is 0.